The Balaban J connectivity index is 1.60. The van der Waals surface area contributed by atoms with E-state index in [4.69, 9.17) is 4.74 Å². The van der Waals surface area contributed by atoms with Crippen molar-refractivity contribution in [3.63, 3.8) is 0 Å². The van der Waals surface area contributed by atoms with Gasteiger partial charge in [-0.3, -0.25) is 14.9 Å². The third kappa shape index (κ3) is 5.46. The largest absolute Gasteiger partial charge is 0.452 e. The zero-order valence-corrected chi connectivity index (χ0v) is 16.9. The lowest BCUT2D eigenvalue weighted by Gasteiger charge is -2.29. The van der Waals surface area contributed by atoms with Gasteiger partial charge in [-0.15, -0.1) is 0 Å². The van der Waals surface area contributed by atoms with Crippen molar-refractivity contribution in [3.05, 3.63) is 33.9 Å². The molecule has 0 spiro atoms. The van der Waals surface area contributed by atoms with Gasteiger partial charge in [-0.1, -0.05) is 19.8 Å². The van der Waals surface area contributed by atoms with Gasteiger partial charge < -0.3 is 15.0 Å². The van der Waals surface area contributed by atoms with Gasteiger partial charge in [-0.2, -0.15) is 0 Å². The predicted molar refractivity (Wildman–Crippen MR) is 109 cm³/mol. The molecular formula is C21H29N3O5. The Morgan fingerprint density at radius 2 is 1.90 bits per heavy atom. The highest BCUT2D eigenvalue weighted by molar-refractivity contribution is 5.93. The SMILES string of the molecule is C[C@H]1CCCC[C@@H]1NC(=O)COC(=O)c1ccc(N2CCCCC2)c([N+](=O)[O-])c1. The number of carbonyl (C=O) groups is 2. The lowest BCUT2D eigenvalue weighted by molar-refractivity contribution is -0.384. The van der Waals surface area contributed by atoms with Gasteiger partial charge in [0.1, 0.15) is 5.69 Å². The topological polar surface area (TPSA) is 102 Å². The molecule has 1 aliphatic heterocycles. The average molecular weight is 403 g/mol. The molecule has 0 unspecified atom stereocenters. The molecule has 1 N–H and O–H groups in total. The normalized spacial score (nSPS) is 22.0. The summed E-state index contributed by atoms with van der Waals surface area (Å²) in [5.41, 5.74) is 0.494. The molecule has 8 heteroatoms. The van der Waals surface area contributed by atoms with Crippen molar-refractivity contribution in [2.45, 2.75) is 57.9 Å². The summed E-state index contributed by atoms with van der Waals surface area (Å²) in [7, 11) is 0. The van der Waals surface area contributed by atoms with E-state index < -0.39 is 10.9 Å². The number of hydrogen-bond donors (Lipinski definition) is 1. The van der Waals surface area contributed by atoms with E-state index in [2.05, 4.69) is 12.2 Å². The molecule has 1 aromatic carbocycles. The minimum atomic E-state index is -0.731. The number of benzene rings is 1. The van der Waals surface area contributed by atoms with Crippen LogP contribution in [0.4, 0.5) is 11.4 Å². The third-order valence-electron chi connectivity index (χ3n) is 5.90. The Labute approximate surface area is 170 Å². The van der Waals surface area contributed by atoms with Crippen LogP contribution in [0.25, 0.3) is 0 Å². The molecule has 1 aliphatic carbocycles. The van der Waals surface area contributed by atoms with Crippen LogP contribution in [-0.2, 0) is 9.53 Å². The van der Waals surface area contributed by atoms with E-state index >= 15 is 0 Å². The quantitative estimate of drug-likeness (QED) is 0.443. The van der Waals surface area contributed by atoms with Crippen LogP contribution in [0, 0.1) is 16.0 Å². The van der Waals surface area contributed by atoms with Crippen LogP contribution in [0.2, 0.25) is 0 Å². The van der Waals surface area contributed by atoms with E-state index in [0.29, 0.717) is 11.6 Å². The fourth-order valence-electron chi connectivity index (χ4n) is 4.19. The smallest absolute Gasteiger partial charge is 0.338 e. The molecule has 1 saturated carbocycles. The Bertz CT molecular complexity index is 761. The lowest BCUT2D eigenvalue weighted by atomic mass is 9.86. The Kier molecular flexibility index (Phi) is 7.06. The van der Waals surface area contributed by atoms with Crippen LogP contribution in [0.5, 0.6) is 0 Å². The minimum Gasteiger partial charge on any atom is -0.452 e. The van der Waals surface area contributed by atoms with E-state index in [1.54, 1.807) is 6.07 Å². The first kappa shape index (κ1) is 21.1. The van der Waals surface area contributed by atoms with Crippen molar-refractivity contribution in [2.75, 3.05) is 24.6 Å². The summed E-state index contributed by atoms with van der Waals surface area (Å²) in [5.74, 6) is -0.657. The molecule has 29 heavy (non-hydrogen) atoms. The molecule has 1 amide bonds. The zero-order chi connectivity index (χ0) is 20.8. The number of esters is 1. The fourth-order valence-corrected chi connectivity index (χ4v) is 4.19. The van der Waals surface area contributed by atoms with Crippen molar-refractivity contribution < 1.29 is 19.2 Å². The van der Waals surface area contributed by atoms with E-state index in [0.717, 1.165) is 51.6 Å². The summed E-state index contributed by atoms with van der Waals surface area (Å²) < 4.78 is 5.10. The van der Waals surface area contributed by atoms with Crippen LogP contribution in [0.1, 0.15) is 62.2 Å². The summed E-state index contributed by atoms with van der Waals surface area (Å²) in [6.07, 6.45) is 7.39. The molecule has 2 fully saturated rings. The highest BCUT2D eigenvalue weighted by Crippen LogP contribution is 2.31. The monoisotopic (exact) mass is 403 g/mol. The molecule has 1 aromatic rings. The van der Waals surface area contributed by atoms with Gasteiger partial charge in [0.25, 0.3) is 11.6 Å². The minimum absolute atomic E-state index is 0.0799. The van der Waals surface area contributed by atoms with E-state index in [1.165, 1.54) is 18.6 Å². The number of nitrogens with zero attached hydrogens (tertiary/aromatic N) is 2. The Morgan fingerprint density at radius 3 is 2.59 bits per heavy atom. The number of ether oxygens (including phenoxy) is 1. The second kappa shape index (κ2) is 9.71. The molecule has 2 aliphatic rings. The van der Waals surface area contributed by atoms with Crippen molar-refractivity contribution in [2.24, 2.45) is 5.92 Å². The van der Waals surface area contributed by atoms with E-state index in [1.807, 2.05) is 4.90 Å². The lowest BCUT2D eigenvalue weighted by Crippen LogP contribution is -2.42. The summed E-state index contributed by atoms with van der Waals surface area (Å²) in [4.78, 5) is 37.5. The van der Waals surface area contributed by atoms with Crippen LogP contribution in [0.3, 0.4) is 0 Å². The molecule has 0 aromatic heterocycles. The van der Waals surface area contributed by atoms with Crippen LogP contribution in [0.15, 0.2) is 18.2 Å². The first-order valence-electron chi connectivity index (χ1n) is 10.5. The molecule has 0 radical (unpaired) electrons. The predicted octanol–water partition coefficient (Wildman–Crippen LogP) is 3.44. The second-order valence-corrected chi connectivity index (χ2v) is 8.02. The first-order valence-corrected chi connectivity index (χ1v) is 10.5. The summed E-state index contributed by atoms with van der Waals surface area (Å²) in [6.45, 7) is 3.26. The average Bonchev–Trinajstić information content (AvgIpc) is 2.74. The number of nitrogens with one attached hydrogen (secondary N) is 1. The highest BCUT2D eigenvalue weighted by Gasteiger charge is 2.25. The summed E-state index contributed by atoms with van der Waals surface area (Å²) >= 11 is 0. The second-order valence-electron chi connectivity index (χ2n) is 8.02. The van der Waals surface area contributed by atoms with Crippen LogP contribution in [-0.4, -0.2) is 42.5 Å². The zero-order valence-electron chi connectivity index (χ0n) is 16.9. The first-order chi connectivity index (χ1) is 14.0. The maximum absolute atomic E-state index is 12.3. The number of carbonyl (C=O) groups excluding carboxylic acids is 2. The number of amides is 1. The number of rotatable bonds is 6. The van der Waals surface area contributed by atoms with E-state index in [-0.39, 0.29) is 29.8 Å². The number of anilines is 1. The summed E-state index contributed by atoms with van der Waals surface area (Å²) in [5, 5.41) is 14.4. The van der Waals surface area contributed by atoms with Crippen molar-refractivity contribution in [3.8, 4) is 0 Å². The summed E-state index contributed by atoms with van der Waals surface area (Å²) in [6, 6.07) is 4.48. The highest BCUT2D eigenvalue weighted by atomic mass is 16.6. The molecule has 1 saturated heterocycles. The molecule has 3 rings (SSSR count). The van der Waals surface area contributed by atoms with Gasteiger partial charge in [0.2, 0.25) is 0 Å². The van der Waals surface area contributed by atoms with Crippen molar-refractivity contribution >= 4 is 23.3 Å². The maximum atomic E-state index is 12.3. The van der Waals surface area contributed by atoms with Crippen LogP contribution >= 0.6 is 0 Å². The number of nitro groups is 1. The van der Waals surface area contributed by atoms with Gasteiger partial charge >= 0.3 is 5.97 Å². The molecule has 0 bridgehead atoms. The molecule has 2 atom stereocenters. The van der Waals surface area contributed by atoms with E-state index in [9.17, 15) is 19.7 Å². The van der Waals surface area contributed by atoms with Gasteiger partial charge in [0, 0.05) is 25.2 Å². The van der Waals surface area contributed by atoms with Gasteiger partial charge in [0.15, 0.2) is 6.61 Å². The fraction of sp³-hybridized carbons (Fsp3) is 0.619. The Morgan fingerprint density at radius 1 is 1.17 bits per heavy atom. The van der Waals surface area contributed by atoms with Gasteiger partial charge in [-0.05, 0) is 50.2 Å². The van der Waals surface area contributed by atoms with Crippen LogP contribution < -0.4 is 10.2 Å². The van der Waals surface area contributed by atoms with Crippen molar-refractivity contribution in [1.29, 1.82) is 0 Å². The molecule has 1 heterocycles. The Hall–Kier alpha value is -2.64. The number of nitro benzene ring substituents is 1. The third-order valence-corrected chi connectivity index (χ3v) is 5.90. The number of hydrogen-bond acceptors (Lipinski definition) is 6. The number of piperidine rings is 1. The van der Waals surface area contributed by atoms with Gasteiger partial charge in [0.05, 0.1) is 10.5 Å². The van der Waals surface area contributed by atoms with Crippen molar-refractivity contribution in [1.82, 2.24) is 5.32 Å². The standard InChI is InChI=1S/C21H29N3O5/c1-15-7-3-4-8-17(15)22-20(25)14-29-21(26)16-9-10-18(19(13-16)24(27)28)23-11-5-2-6-12-23/h9-10,13,15,17H,2-8,11-12,14H2,1H3,(H,22,25)/t15-,17-/m0/s1. The maximum Gasteiger partial charge on any atom is 0.338 e. The molecular weight excluding hydrogens is 374 g/mol. The molecule has 8 nitrogen and oxygen atoms in total. The molecule has 158 valence electrons. The van der Waals surface area contributed by atoms with Gasteiger partial charge in [-0.25, -0.2) is 4.79 Å².